The molecular weight excluding hydrogens is 480 g/mol. The minimum atomic E-state index is -1.36. The van der Waals surface area contributed by atoms with Gasteiger partial charge in [0.25, 0.3) is 0 Å². The zero-order valence-corrected chi connectivity index (χ0v) is 22.1. The van der Waals surface area contributed by atoms with E-state index in [1.807, 2.05) is 13.0 Å². The molecule has 1 heterocycles. The van der Waals surface area contributed by atoms with E-state index in [1.54, 1.807) is 6.08 Å². The molecule has 8 heteroatoms. The average Bonchev–Trinajstić information content (AvgIpc) is 3.33. The lowest BCUT2D eigenvalue weighted by Crippen LogP contribution is -2.60. The number of hydrogen-bond donors (Lipinski definition) is 1. The van der Waals surface area contributed by atoms with E-state index in [4.69, 9.17) is 9.47 Å². The second kappa shape index (κ2) is 9.12. The number of allylic oxidation sites excluding steroid dienone is 4. The molecule has 0 bridgehead atoms. The molecule has 0 amide bonds. The number of rotatable bonds is 5. The van der Waals surface area contributed by atoms with Crippen molar-refractivity contribution in [2.75, 3.05) is 13.2 Å². The summed E-state index contributed by atoms with van der Waals surface area (Å²) in [5.74, 6) is -0.288. The molecule has 7 nitrogen and oxygen atoms in total. The molecule has 5 rings (SSSR count). The number of cyclic esters (lactones) is 1. The maximum Gasteiger partial charge on any atom is 0.319 e. The molecule has 0 unspecified atom stereocenters. The summed E-state index contributed by atoms with van der Waals surface area (Å²) in [5, 5.41) is 8.54. The van der Waals surface area contributed by atoms with Gasteiger partial charge in [-0.3, -0.25) is 19.2 Å². The van der Waals surface area contributed by atoms with Gasteiger partial charge < -0.3 is 14.6 Å². The second-order valence-corrected chi connectivity index (χ2v) is 12.9. The van der Waals surface area contributed by atoms with Gasteiger partial charge in [-0.05, 0) is 62.0 Å². The molecule has 4 fully saturated rings. The predicted molar refractivity (Wildman–Crippen MR) is 134 cm³/mol. The summed E-state index contributed by atoms with van der Waals surface area (Å²) in [5.41, 5.74) is -0.917. The number of aliphatic hydroxyl groups is 1. The lowest BCUT2D eigenvalue weighted by Gasteiger charge is -2.58. The molecule has 0 aromatic rings. The van der Waals surface area contributed by atoms with Gasteiger partial charge in [0.05, 0.1) is 19.6 Å². The minimum absolute atomic E-state index is 0.0546. The van der Waals surface area contributed by atoms with Crippen molar-refractivity contribution in [2.45, 2.75) is 76.6 Å². The van der Waals surface area contributed by atoms with E-state index < -0.39 is 22.2 Å². The van der Waals surface area contributed by atoms with Crippen molar-refractivity contribution in [1.29, 1.82) is 0 Å². The van der Waals surface area contributed by atoms with Gasteiger partial charge in [-0.25, -0.2) is 0 Å². The third kappa shape index (κ3) is 3.65. The summed E-state index contributed by atoms with van der Waals surface area (Å²) < 4.78 is 11.3. The van der Waals surface area contributed by atoms with Crippen LogP contribution in [0.1, 0.15) is 65.7 Å². The maximum atomic E-state index is 14.1. The van der Waals surface area contributed by atoms with E-state index in [1.165, 1.54) is 5.57 Å². The Hall–Kier alpha value is -1.93. The average molecular weight is 517 g/mol. The zero-order valence-electron chi connectivity index (χ0n) is 21.3. The van der Waals surface area contributed by atoms with E-state index in [-0.39, 0.29) is 47.1 Å². The first-order chi connectivity index (χ1) is 17.1. The first kappa shape index (κ1) is 25.7. The zero-order chi connectivity index (χ0) is 25.9. The van der Waals surface area contributed by atoms with Crippen LogP contribution < -0.4 is 0 Å². The smallest absolute Gasteiger partial charge is 0.319 e. The standard InChI is InChI=1S/C28H36O7S/c1-16-14-21-19-5-4-17-15-18(30)6-10-26(17,2)20(19)7-11-27(21,3)28(16,35-23(31)8-12-29)25(33)36-22-9-13-34-24(22)32/h6,10,15-16,19-22,29H,4-5,7-9,11-14H2,1-3H3/t16-,19-,20+,21+,22+,26+,27+,28+/m1/s1. The fourth-order valence-corrected chi connectivity index (χ4v) is 9.63. The highest BCUT2D eigenvalue weighted by Gasteiger charge is 2.71. The molecule has 1 N–H and O–H groups in total. The number of ether oxygens (including phenoxy) is 2. The molecular formula is C28H36O7S. The van der Waals surface area contributed by atoms with E-state index in [0.29, 0.717) is 31.3 Å². The number of ketones is 1. The molecule has 5 aliphatic rings. The molecule has 4 aliphatic carbocycles. The molecule has 36 heavy (non-hydrogen) atoms. The molecule has 8 atom stereocenters. The van der Waals surface area contributed by atoms with Crippen LogP contribution in [0, 0.1) is 34.5 Å². The number of fused-ring (bicyclic) bond motifs is 5. The first-order valence-electron chi connectivity index (χ1n) is 13.2. The summed E-state index contributed by atoms with van der Waals surface area (Å²) in [6.45, 7) is 6.28. The molecule has 1 aliphatic heterocycles. The van der Waals surface area contributed by atoms with Crippen molar-refractivity contribution in [3.8, 4) is 0 Å². The fourth-order valence-electron chi connectivity index (χ4n) is 8.34. The maximum absolute atomic E-state index is 14.1. The number of thioether (sulfide) groups is 1. The second-order valence-electron chi connectivity index (χ2n) is 11.7. The number of hydrogen-bond acceptors (Lipinski definition) is 8. The molecule has 0 aromatic carbocycles. The monoisotopic (exact) mass is 516 g/mol. The molecule has 196 valence electrons. The van der Waals surface area contributed by atoms with Crippen molar-refractivity contribution < 1.29 is 33.8 Å². The minimum Gasteiger partial charge on any atom is -0.465 e. The van der Waals surface area contributed by atoms with Crippen LogP contribution in [0.25, 0.3) is 0 Å². The highest BCUT2D eigenvalue weighted by Crippen LogP contribution is 2.69. The Bertz CT molecular complexity index is 1050. The van der Waals surface area contributed by atoms with Gasteiger partial charge in [-0.15, -0.1) is 0 Å². The molecule has 0 radical (unpaired) electrons. The number of carbonyl (C=O) groups is 4. The third-order valence-corrected chi connectivity index (χ3v) is 11.4. The lowest BCUT2D eigenvalue weighted by atomic mass is 9.47. The summed E-state index contributed by atoms with van der Waals surface area (Å²) in [6.07, 6.45) is 10.00. The van der Waals surface area contributed by atoms with Crippen LogP contribution >= 0.6 is 11.8 Å². The number of esters is 2. The summed E-state index contributed by atoms with van der Waals surface area (Å²) in [4.78, 5) is 51.2. The van der Waals surface area contributed by atoms with Crippen LogP contribution in [-0.4, -0.2) is 52.0 Å². The Balaban J connectivity index is 1.51. The Kier molecular flexibility index (Phi) is 6.51. The van der Waals surface area contributed by atoms with Gasteiger partial charge in [0.2, 0.25) is 5.12 Å². The quantitative estimate of drug-likeness (QED) is 0.550. The Labute approximate surface area is 216 Å². The van der Waals surface area contributed by atoms with Gasteiger partial charge in [0.15, 0.2) is 11.4 Å². The van der Waals surface area contributed by atoms with Crippen molar-refractivity contribution in [3.63, 3.8) is 0 Å². The predicted octanol–water partition coefficient (Wildman–Crippen LogP) is 3.78. The van der Waals surface area contributed by atoms with Gasteiger partial charge in [-0.2, -0.15) is 0 Å². The van der Waals surface area contributed by atoms with Crippen LogP contribution in [-0.2, 0) is 28.7 Å². The molecule has 0 spiro atoms. The van der Waals surface area contributed by atoms with Crippen molar-refractivity contribution >= 4 is 34.6 Å². The Morgan fingerprint density at radius 1 is 1.19 bits per heavy atom. The van der Waals surface area contributed by atoms with E-state index in [9.17, 15) is 24.3 Å². The lowest BCUT2D eigenvalue weighted by molar-refractivity contribution is -0.190. The van der Waals surface area contributed by atoms with Gasteiger partial charge >= 0.3 is 11.9 Å². The SMILES string of the molecule is C[C@@H]1C[C@H]2[C@@H]3CCC4=CC(=O)C=C[C@]4(C)[C@H]3CC[C@]2(C)[C@@]1(OC(=O)CCO)C(=O)S[C@H]1CCOC1=O. The van der Waals surface area contributed by atoms with Crippen LogP contribution in [0.2, 0.25) is 0 Å². The normalized spacial score (nSPS) is 43.2. The largest absolute Gasteiger partial charge is 0.465 e. The van der Waals surface area contributed by atoms with Crippen molar-refractivity contribution in [2.24, 2.45) is 34.5 Å². The number of carbonyl (C=O) groups excluding carboxylic acids is 4. The van der Waals surface area contributed by atoms with E-state index >= 15 is 0 Å². The van der Waals surface area contributed by atoms with E-state index in [2.05, 4.69) is 19.9 Å². The molecule has 3 saturated carbocycles. The van der Waals surface area contributed by atoms with Crippen molar-refractivity contribution in [1.82, 2.24) is 0 Å². The first-order valence-corrected chi connectivity index (χ1v) is 14.1. The van der Waals surface area contributed by atoms with Crippen LogP contribution in [0.4, 0.5) is 0 Å². The van der Waals surface area contributed by atoms with Gasteiger partial charge in [0.1, 0.15) is 5.25 Å². The Morgan fingerprint density at radius 3 is 2.67 bits per heavy atom. The fraction of sp³-hybridized carbons (Fsp3) is 0.714. The van der Waals surface area contributed by atoms with Crippen LogP contribution in [0.3, 0.4) is 0 Å². The topological polar surface area (TPSA) is 107 Å². The van der Waals surface area contributed by atoms with Crippen molar-refractivity contribution in [3.05, 3.63) is 23.8 Å². The highest BCUT2D eigenvalue weighted by molar-refractivity contribution is 8.14. The van der Waals surface area contributed by atoms with Gasteiger partial charge in [-0.1, -0.05) is 44.2 Å². The van der Waals surface area contributed by atoms with Gasteiger partial charge in [0, 0.05) is 23.2 Å². The molecule has 0 aromatic heterocycles. The summed E-state index contributed by atoms with van der Waals surface area (Å²) in [7, 11) is 0. The third-order valence-electron chi connectivity index (χ3n) is 10.1. The van der Waals surface area contributed by atoms with Crippen LogP contribution in [0.15, 0.2) is 23.8 Å². The highest BCUT2D eigenvalue weighted by atomic mass is 32.2. The van der Waals surface area contributed by atoms with E-state index in [0.717, 1.165) is 37.4 Å². The summed E-state index contributed by atoms with van der Waals surface area (Å²) in [6, 6.07) is 0. The molecule has 1 saturated heterocycles. The van der Waals surface area contributed by atoms with Crippen LogP contribution in [0.5, 0.6) is 0 Å². The Morgan fingerprint density at radius 2 is 1.97 bits per heavy atom. The number of aliphatic hydroxyl groups excluding tert-OH is 1. The summed E-state index contributed by atoms with van der Waals surface area (Å²) >= 11 is 0.966.